The Kier molecular flexibility index (Phi) is 3.47. The zero-order chi connectivity index (χ0) is 15.0. The molecule has 0 aliphatic heterocycles. The van der Waals surface area contributed by atoms with Crippen LogP contribution in [0.1, 0.15) is 48.4 Å². The summed E-state index contributed by atoms with van der Waals surface area (Å²) in [6.07, 6.45) is 6.48. The molecule has 0 amide bonds. The highest BCUT2D eigenvalue weighted by molar-refractivity contribution is 5.99. The molecule has 1 aliphatic carbocycles. The van der Waals surface area contributed by atoms with E-state index in [1.165, 1.54) is 11.4 Å². The van der Waals surface area contributed by atoms with E-state index in [0.717, 1.165) is 31.5 Å². The summed E-state index contributed by atoms with van der Waals surface area (Å²) in [7, 11) is 0. The Morgan fingerprint density at radius 3 is 2.81 bits per heavy atom. The van der Waals surface area contributed by atoms with Gasteiger partial charge in [0.2, 0.25) is 0 Å². The maximum absolute atomic E-state index is 12.3. The number of rotatable bonds is 4. The van der Waals surface area contributed by atoms with Crippen molar-refractivity contribution in [3.8, 4) is 0 Å². The molecule has 4 nitrogen and oxygen atoms in total. The third-order valence-electron chi connectivity index (χ3n) is 4.33. The third-order valence-corrected chi connectivity index (χ3v) is 4.33. The van der Waals surface area contributed by atoms with Gasteiger partial charge in [-0.3, -0.25) is 9.48 Å². The highest BCUT2D eigenvalue weighted by Gasteiger charge is 2.33. The van der Waals surface area contributed by atoms with Gasteiger partial charge >= 0.3 is 0 Å². The molecule has 0 spiro atoms. The first-order chi connectivity index (χ1) is 9.96. The molecule has 0 bridgehead atoms. The van der Waals surface area contributed by atoms with Gasteiger partial charge in [-0.15, -0.1) is 0 Å². The first-order valence-corrected chi connectivity index (χ1v) is 7.66. The molecule has 0 saturated heterocycles. The summed E-state index contributed by atoms with van der Waals surface area (Å²) in [6, 6.07) is 4.02. The number of hydrogen-bond donors (Lipinski definition) is 0. The number of carbonyl (C=O) groups excluding carboxylic acids is 1. The molecule has 1 aliphatic rings. The number of aryl methyl sites for hydroxylation is 2. The Labute approximate surface area is 125 Å². The van der Waals surface area contributed by atoms with E-state index in [9.17, 15) is 4.79 Å². The minimum absolute atomic E-state index is 0.0780. The first kappa shape index (κ1) is 14.1. The Morgan fingerprint density at radius 1 is 1.29 bits per heavy atom. The number of aromatic nitrogens is 3. The summed E-state index contributed by atoms with van der Waals surface area (Å²) >= 11 is 0. The highest BCUT2D eigenvalue weighted by Crippen LogP contribution is 2.36. The van der Waals surface area contributed by atoms with Crippen molar-refractivity contribution < 1.29 is 4.79 Å². The molecule has 4 heteroatoms. The van der Waals surface area contributed by atoms with Gasteiger partial charge in [-0.2, -0.15) is 5.10 Å². The summed E-state index contributed by atoms with van der Waals surface area (Å²) in [4.78, 5) is 12.3. The van der Waals surface area contributed by atoms with Gasteiger partial charge in [0.1, 0.15) is 0 Å². The van der Waals surface area contributed by atoms with E-state index in [4.69, 9.17) is 0 Å². The van der Waals surface area contributed by atoms with Crippen LogP contribution >= 0.6 is 0 Å². The van der Waals surface area contributed by atoms with Gasteiger partial charge in [0.25, 0.3) is 0 Å². The lowest BCUT2D eigenvalue weighted by Gasteiger charge is -2.30. The Morgan fingerprint density at radius 2 is 2.10 bits per heavy atom. The van der Waals surface area contributed by atoms with Gasteiger partial charge in [0.05, 0.1) is 0 Å². The summed E-state index contributed by atoms with van der Waals surface area (Å²) < 4.78 is 4.29. The van der Waals surface area contributed by atoms with Crippen LogP contribution in [0.15, 0.2) is 24.5 Å². The largest absolute Gasteiger partial charge is 0.348 e. The summed E-state index contributed by atoms with van der Waals surface area (Å²) in [5.41, 5.74) is 3.46. The molecule has 2 aromatic heterocycles. The van der Waals surface area contributed by atoms with E-state index >= 15 is 0 Å². The van der Waals surface area contributed by atoms with Gasteiger partial charge in [-0.1, -0.05) is 13.8 Å². The minimum Gasteiger partial charge on any atom is -0.348 e. The Bertz CT molecular complexity index is 650. The molecule has 2 heterocycles. The molecule has 0 fully saturated rings. The molecule has 0 N–H and O–H groups in total. The molecule has 0 saturated carbocycles. The molecule has 3 rings (SSSR count). The highest BCUT2D eigenvalue weighted by atomic mass is 16.1. The fraction of sp³-hybridized carbons (Fsp3) is 0.529. The summed E-state index contributed by atoms with van der Waals surface area (Å²) in [5, 5.41) is 4.23. The summed E-state index contributed by atoms with van der Waals surface area (Å²) in [6.45, 7) is 8.34. The topological polar surface area (TPSA) is 39.8 Å². The third kappa shape index (κ3) is 2.80. The molecule has 0 radical (unpaired) electrons. The fourth-order valence-corrected chi connectivity index (χ4v) is 3.34. The van der Waals surface area contributed by atoms with Crippen LogP contribution in [-0.4, -0.2) is 20.1 Å². The van der Waals surface area contributed by atoms with Crippen molar-refractivity contribution in [2.75, 3.05) is 0 Å². The molecule has 2 aromatic rings. The number of hydrogen-bond acceptors (Lipinski definition) is 2. The van der Waals surface area contributed by atoms with Crippen LogP contribution in [-0.2, 0) is 19.5 Å². The zero-order valence-electron chi connectivity index (χ0n) is 13.1. The normalized spacial score (nSPS) is 17.0. The molecule has 0 aromatic carbocycles. The van der Waals surface area contributed by atoms with Crippen LogP contribution in [0, 0.1) is 12.3 Å². The van der Waals surface area contributed by atoms with E-state index in [1.54, 1.807) is 0 Å². The molecule has 21 heavy (non-hydrogen) atoms. The van der Waals surface area contributed by atoms with Gasteiger partial charge < -0.3 is 4.57 Å². The van der Waals surface area contributed by atoms with Crippen molar-refractivity contribution in [2.45, 2.75) is 53.1 Å². The van der Waals surface area contributed by atoms with E-state index in [2.05, 4.69) is 36.5 Å². The lowest BCUT2D eigenvalue weighted by atomic mass is 9.76. The smallest absolute Gasteiger partial charge is 0.165 e. The fourth-order valence-electron chi connectivity index (χ4n) is 3.34. The quantitative estimate of drug-likeness (QED) is 0.865. The minimum atomic E-state index is 0.0780. The van der Waals surface area contributed by atoms with Gasteiger partial charge in [-0.05, 0) is 37.3 Å². The second kappa shape index (κ2) is 5.17. The van der Waals surface area contributed by atoms with Crippen molar-refractivity contribution in [3.05, 3.63) is 41.5 Å². The Hall–Kier alpha value is -1.84. The zero-order valence-corrected chi connectivity index (χ0v) is 13.1. The predicted molar refractivity (Wildman–Crippen MR) is 82.4 cm³/mol. The number of carbonyl (C=O) groups is 1. The monoisotopic (exact) mass is 285 g/mol. The average Bonchev–Trinajstić information content (AvgIpc) is 2.99. The van der Waals surface area contributed by atoms with Gasteiger partial charge in [-0.25, -0.2) is 0 Å². The standard InChI is InChI=1S/C17H23N3O/c1-13-10-14-15(11-17(2,3)12-16(14)21)20(13)9-5-8-19-7-4-6-18-19/h4,6-7,10H,5,8-9,11-12H2,1-3H3. The van der Waals surface area contributed by atoms with Crippen LogP contribution < -0.4 is 0 Å². The molecular formula is C17H23N3O. The molecule has 112 valence electrons. The maximum Gasteiger partial charge on any atom is 0.165 e. The van der Waals surface area contributed by atoms with Crippen LogP contribution in [0.3, 0.4) is 0 Å². The second-order valence-electron chi connectivity index (χ2n) is 6.86. The van der Waals surface area contributed by atoms with Gasteiger partial charge in [0, 0.05) is 48.9 Å². The number of nitrogens with zero attached hydrogens (tertiary/aromatic N) is 3. The van der Waals surface area contributed by atoms with Crippen molar-refractivity contribution in [3.63, 3.8) is 0 Å². The molecule has 0 atom stereocenters. The second-order valence-corrected chi connectivity index (χ2v) is 6.86. The molecule has 0 unspecified atom stereocenters. The lowest BCUT2D eigenvalue weighted by molar-refractivity contribution is 0.0910. The molecular weight excluding hydrogens is 262 g/mol. The Balaban J connectivity index is 1.78. The van der Waals surface area contributed by atoms with Crippen LogP contribution in [0.5, 0.6) is 0 Å². The number of fused-ring (bicyclic) bond motifs is 1. The maximum atomic E-state index is 12.3. The van der Waals surface area contributed by atoms with E-state index < -0.39 is 0 Å². The summed E-state index contributed by atoms with van der Waals surface area (Å²) in [5.74, 6) is 0.301. The average molecular weight is 285 g/mol. The first-order valence-electron chi connectivity index (χ1n) is 7.66. The van der Waals surface area contributed by atoms with E-state index in [1.807, 2.05) is 23.1 Å². The van der Waals surface area contributed by atoms with E-state index in [-0.39, 0.29) is 5.41 Å². The van der Waals surface area contributed by atoms with Crippen LogP contribution in [0.25, 0.3) is 0 Å². The van der Waals surface area contributed by atoms with Gasteiger partial charge in [0.15, 0.2) is 5.78 Å². The lowest BCUT2D eigenvalue weighted by Crippen LogP contribution is -2.28. The van der Waals surface area contributed by atoms with E-state index in [0.29, 0.717) is 12.2 Å². The number of ketones is 1. The predicted octanol–water partition coefficient (Wildman–Crippen LogP) is 3.24. The van der Waals surface area contributed by atoms with Crippen molar-refractivity contribution >= 4 is 5.78 Å². The number of Topliss-reactive ketones (excluding diaryl/α,β-unsaturated/α-hetero) is 1. The van der Waals surface area contributed by atoms with Crippen LogP contribution in [0.2, 0.25) is 0 Å². The van der Waals surface area contributed by atoms with Crippen molar-refractivity contribution in [2.24, 2.45) is 5.41 Å². The van der Waals surface area contributed by atoms with Crippen molar-refractivity contribution in [1.82, 2.24) is 14.3 Å². The van der Waals surface area contributed by atoms with Crippen LogP contribution in [0.4, 0.5) is 0 Å². The van der Waals surface area contributed by atoms with Crippen molar-refractivity contribution in [1.29, 1.82) is 0 Å². The SMILES string of the molecule is Cc1cc2c(n1CCCn1cccn1)CC(C)(C)CC2=O.